The first-order valence-electron chi connectivity index (χ1n) is 10.5. The van der Waals surface area contributed by atoms with Crippen LogP contribution in [0.2, 0.25) is 0 Å². The lowest BCUT2D eigenvalue weighted by Crippen LogP contribution is -2.33. The van der Waals surface area contributed by atoms with Crippen LogP contribution in [0.15, 0.2) is 42.5 Å². The molecule has 5 rings (SSSR count). The molecule has 2 aromatic carbocycles. The molecule has 0 radical (unpaired) electrons. The van der Waals surface area contributed by atoms with Gasteiger partial charge in [0.25, 0.3) is 5.91 Å². The van der Waals surface area contributed by atoms with Crippen LogP contribution in [0.25, 0.3) is 11.4 Å². The van der Waals surface area contributed by atoms with Gasteiger partial charge in [-0.15, -0.1) is 0 Å². The van der Waals surface area contributed by atoms with Crippen molar-refractivity contribution < 1.29 is 18.4 Å². The van der Waals surface area contributed by atoms with Gasteiger partial charge >= 0.3 is 0 Å². The van der Waals surface area contributed by atoms with E-state index in [9.17, 15) is 18.4 Å². The number of rotatable bonds is 4. The summed E-state index contributed by atoms with van der Waals surface area (Å²) in [4.78, 5) is 35.2. The van der Waals surface area contributed by atoms with Gasteiger partial charge in [0.2, 0.25) is 5.91 Å². The summed E-state index contributed by atoms with van der Waals surface area (Å²) >= 11 is 0. The van der Waals surface area contributed by atoms with Crippen LogP contribution in [0.1, 0.15) is 35.0 Å². The number of benzene rings is 2. The fourth-order valence-electron chi connectivity index (χ4n) is 4.39. The van der Waals surface area contributed by atoms with Crippen molar-refractivity contribution in [1.82, 2.24) is 20.2 Å². The van der Waals surface area contributed by atoms with E-state index >= 15 is 0 Å². The topological polar surface area (TPSA) is 87.2 Å². The molecule has 7 nitrogen and oxygen atoms in total. The van der Waals surface area contributed by atoms with Crippen LogP contribution >= 0.6 is 0 Å². The van der Waals surface area contributed by atoms with E-state index in [-0.39, 0.29) is 41.1 Å². The number of anilines is 2. The molecule has 1 aromatic heterocycles. The van der Waals surface area contributed by atoms with Crippen molar-refractivity contribution >= 4 is 23.3 Å². The fourth-order valence-corrected chi connectivity index (χ4v) is 4.39. The van der Waals surface area contributed by atoms with Gasteiger partial charge in [0.1, 0.15) is 23.0 Å². The van der Waals surface area contributed by atoms with Crippen LogP contribution < -0.4 is 10.6 Å². The van der Waals surface area contributed by atoms with E-state index in [1.54, 1.807) is 24.1 Å². The molecule has 0 saturated carbocycles. The minimum Gasteiger partial charge on any atom is -0.346 e. The highest BCUT2D eigenvalue weighted by Crippen LogP contribution is 2.36. The Hall–Kier alpha value is -3.88. The molecular weight excluding hydrogens is 428 g/mol. The molecule has 1 atom stereocenters. The zero-order valence-electron chi connectivity index (χ0n) is 18.1. The molecule has 168 valence electrons. The number of hydrogen-bond donors (Lipinski definition) is 2. The zero-order valence-corrected chi connectivity index (χ0v) is 18.1. The van der Waals surface area contributed by atoms with Crippen molar-refractivity contribution in [3.8, 4) is 11.4 Å². The van der Waals surface area contributed by atoms with Crippen molar-refractivity contribution in [3.05, 3.63) is 70.9 Å². The molecule has 1 fully saturated rings. The number of likely N-dealkylation sites (tertiary alicyclic amines) is 1. The zero-order chi connectivity index (χ0) is 23.3. The molecule has 3 aromatic rings. The summed E-state index contributed by atoms with van der Waals surface area (Å²) < 4.78 is 28.7. The summed E-state index contributed by atoms with van der Waals surface area (Å²) in [6.45, 7) is 2.77. The number of halogens is 2. The molecule has 2 aliphatic rings. The molecule has 2 N–H and O–H groups in total. The van der Waals surface area contributed by atoms with Gasteiger partial charge in [-0.2, -0.15) is 0 Å². The van der Waals surface area contributed by atoms with Crippen LogP contribution in [0.3, 0.4) is 0 Å². The molecule has 9 heteroatoms. The van der Waals surface area contributed by atoms with Crippen LogP contribution in [-0.4, -0.2) is 40.3 Å². The summed E-state index contributed by atoms with van der Waals surface area (Å²) in [6.07, 6.45) is 0.728. The van der Waals surface area contributed by atoms with Gasteiger partial charge in [-0.05, 0) is 43.2 Å². The molecule has 33 heavy (non-hydrogen) atoms. The molecule has 2 amide bonds. The number of likely N-dealkylation sites (N-methyl/N-ethyl adjacent to an activating group) is 1. The molecule has 2 aliphatic heterocycles. The number of fused-ring (bicyclic) bond motifs is 1. The highest BCUT2D eigenvalue weighted by molar-refractivity contribution is 6.03. The second-order valence-electron chi connectivity index (χ2n) is 8.51. The predicted molar refractivity (Wildman–Crippen MR) is 118 cm³/mol. The number of nitrogens with zero attached hydrogens (tertiary/aromatic N) is 3. The summed E-state index contributed by atoms with van der Waals surface area (Å²) in [7, 11) is 1.79. The quantitative estimate of drug-likeness (QED) is 0.637. The average Bonchev–Trinajstić information content (AvgIpc) is 3.29. The van der Waals surface area contributed by atoms with Gasteiger partial charge in [-0.1, -0.05) is 18.2 Å². The number of carbonyl (C=O) groups is 2. The molecule has 1 saturated heterocycles. The van der Waals surface area contributed by atoms with Crippen molar-refractivity contribution in [2.24, 2.45) is 0 Å². The summed E-state index contributed by atoms with van der Waals surface area (Å²) in [6, 6.07) is 10.8. The Bertz CT molecular complexity index is 1270. The Morgan fingerprint density at radius 1 is 1.03 bits per heavy atom. The number of amides is 2. The summed E-state index contributed by atoms with van der Waals surface area (Å²) in [5.74, 6) is -1.86. The third kappa shape index (κ3) is 3.40. The first kappa shape index (κ1) is 21.0. The second-order valence-corrected chi connectivity index (χ2v) is 8.51. The standard InChI is InChI=1S/C24H21F2N5O2/c1-24(10-11-31(2)23(24)33)13-6-8-14(9-7-13)28-21-19-17(12-27-22(19)32)29-20(30-21)18-15(25)4-3-5-16(18)26/h3-9H,10-12H2,1-2H3,(H,27,32)(H,28,29,30). The highest BCUT2D eigenvalue weighted by Gasteiger charge is 2.42. The molecule has 0 bridgehead atoms. The molecular formula is C24H21F2N5O2. The maximum atomic E-state index is 14.4. The van der Waals surface area contributed by atoms with Gasteiger partial charge < -0.3 is 15.5 Å². The van der Waals surface area contributed by atoms with Crippen molar-refractivity contribution in [3.63, 3.8) is 0 Å². The molecule has 3 heterocycles. The SMILES string of the molecule is CN1CCC(C)(c2ccc(Nc3nc(-c4c(F)cccc4F)nc4c3C(=O)NC4)cc2)C1=O. The maximum absolute atomic E-state index is 14.4. The monoisotopic (exact) mass is 449 g/mol. The Kier molecular flexibility index (Phi) is 4.84. The minimum absolute atomic E-state index is 0.0741. The van der Waals surface area contributed by atoms with Gasteiger partial charge in [0.05, 0.1) is 23.2 Å². The second kappa shape index (κ2) is 7.61. The summed E-state index contributed by atoms with van der Waals surface area (Å²) in [5, 5.41) is 5.75. The van der Waals surface area contributed by atoms with Gasteiger partial charge in [0, 0.05) is 19.3 Å². The highest BCUT2D eigenvalue weighted by atomic mass is 19.1. The summed E-state index contributed by atoms with van der Waals surface area (Å²) in [5.41, 5.74) is 1.16. The van der Waals surface area contributed by atoms with E-state index in [2.05, 4.69) is 20.6 Å². The lowest BCUT2D eigenvalue weighted by atomic mass is 9.81. The van der Waals surface area contributed by atoms with E-state index in [0.717, 1.165) is 24.1 Å². The smallest absolute Gasteiger partial charge is 0.257 e. The molecule has 0 aliphatic carbocycles. The lowest BCUT2D eigenvalue weighted by Gasteiger charge is -2.23. The van der Waals surface area contributed by atoms with Gasteiger partial charge in [-0.25, -0.2) is 18.7 Å². The third-order valence-corrected chi connectivity index (χ3v) is 6.36. The van der Waals surface area contributed by atoms with Crippen LogP contribution in [-0.2, 0) is 16.8 Å². The predicted octanol–water partition coefficient (Wildman–Crippen LogP) is 3.53. The maximum Gasteiger partial charge on any atom is 0.257 e. The van der Waals surface area contributed by atoms with E-state index in [1.165, 1.54) is 6.07 Å². The van der Waals surface area contributed by atoms with E-state index in [1.807, 2.05) is 19.1 Å². The Balaban J connectivity index is 1.52. The van der Waals surface area contributed by atoms with E-state index < -0.39 is 17.0 Å². The first-order valence-corrected chi connectivity index (χ1v) is 10.5. The number of carbonyl (C=O) groups excluding carboxylic acids is 2. The third-order valence-electron chi connectivity index (χ3n) is 6.36. The van der Waals surface area contributed by atoms with Crippen molar-refractivity contribution in [2.75, 3.05) is 18.9 Å². The largest absolute Gasteiger partial charge is 0.346 e. The fraction of sp³-hybridized carbons (Fsp3) is 0.250. The molecule has 0 spiro atoms. The van der Waals surface area contributed by atoms with Crippen molar-refractivity contribution in [1.29, 1.82) is 0 Å². The van der Waals surface area contributed by atoms with E-state index in [0.29, 0.717) is 17.9 Å². The van der Waals surface area contributed by atoms with Gasteiger partial charge in [-0.3, -0.25) is 9.59 Å². The Morgan fingerprint density at radius 2 is 1.73 bits per heavy atom. The lowest BCUT2D eigenvalue weighted by molar-refractivity contribution is -0.130. The van der Waals surface area contributed by atoms with Crippen LogP contribution in [0.4, 0.5) is 20.3 Å². The van der Waals surface area contributed by atoms with Crippen molar-refractivity contribution in [2.45, 2.75) is 25.3 Å². The molecule has 1 unspecified atom stereocenters. The first-order chi connectivity index (χ1) is 15.8. The number of hydrogen-bond acceptors (Lipinski definition) is 5. The minimum atomic E-state index is -0.790. The normalized spacial score (nSPS) is 19.6. The van der Waals surface area contributed by atoms with E-state index in [4.69, 9.17) is 0 Å². The van der Waals surface area contributed by atoms with Gasteiger partial charge in [0.15, 0.2) is 5.82 Å². The number of nitrogens with one attached hydrogen (secondary N) is 2. The average molecular weight is 449 g/mol. The van der Waals surface area contributed by atoms with Crippen LogP contribution in [0, 0.1) is 11.6 Å². The number of aromatic nitrogens is 2. The Morgan fingerprint density at radius 3 is 2.36 bits per heavy atom. The Labute approximate surface area is 188 Å². The van der Waals surface area contributed by atoms with Crippen LogP contribution in [0.5, 0.6) is 0 Å².